The largest absolute Gasteiger partial charge is 0.458 e. The molecule has 186 valence electrons. The van der Waals surface area contributed by atoms with Crippen molar-refractivity contribution in [2.75, 3.05) is 0 Å². The van der Waals surface area contributed by atoms with Crippen LogP contribution in [0.25, 0.3) is 10.9 Å². The number of nitrogens with zero attached hydrogens (tertiary/aromatic N) is 2. The van der Waals surface area contributed by atoms with Crippen molar-refractivity contribution in [2.45, 2.75) is 71.6 Å². The van der Waals surface area contributed by atoms with Crippen LogP contribution in [0.4, 0.5) is 4.79 Å². The standard InChI is InChI=1S/C28H33ClN2O4/c1-26(2,3)34-24(32)28(7,30-17-19-12-14-21(29)15-13-19)16-20-18-31(25(33)35-27(4,5)6)23-11-9-8-10-22(20)23/h8-15,17-18H,16H2,1-7H3/t28-/m1/s1. The predicted octanol–water partition coefficient (Wildman–Crippen LogP) is 6.84. The molecule has 1 heterocycles. The topological polar surface area (TPSA) is 69.9 Å². The van der Waals surface area contributed by atoms with E-state index in [9.17, 15) is 9.59 Å². The van der Waals surface area contributed by atoms with Crippen LogP contribution >= 0.6 is 11.6 Å². The highest BCUT2D eigenvalue weighted by Crippen LogP contribution is 2.29. The van der Waals surface area contributed by atoms with Gasteiger partial charge in [0.15, 0.2) is 5.54 Å². The van der Waals surface area contributed by atoms with E-state index < -0.39 is 28.8 Å². The van der Waals surface area contributed by atoms with Gasteiger partial charge < -0.3 is 9.47 Å². The minimum Gasteiger partial charge on any atom is -0.458 e. The number of rotatable bonds is 5. The molecule has 0 bridgehead atoms. The monoisotopic (exact) mass is 496 g/mol. The van der Waals surface area contributed by atoms with Crippen LogP contribution in [0.5, 0.6) is 0 Å². The number of para-hydroxylation sites is 1. The van der Waals surface area contributed by atoms with Crippen LogP contribution in [-0.2, 0) is 20.7 Å². The Morgan fingerprint density at radius 2 is 1.51 bits per heavy atom. The van der Waals surface area contributed by atoms with Crippen LogP contribution in [-0.4, -0.2) is 39.6 Å². The van der Waals surface area contributed by atoms with Crippen LogP contribution in [0.3, 0.4) is 0 Å². The number of fused-ring (bicyclic) bond motifs is 1. The molecule has 0 amide bonds. The van der Waals surface area contributed by atoms with Gasteiger partial charge in [-0.05, 0) is 77.8 Å². The minimum absolute atomic E-state index is 0.225. The lowest BCUT2D eigenvalue weighted by molar-refractivity contribution is -0.160. The lowest BCUT2D eigenvalue weighted by Gasteiger charge is -2.28. The molecule has 1 aromatic heterocycles. The molecule has 0 unspecified atom stereocenters. The molecule has 0 radical (unpaired) electrons. The quantitative estimate of drug-likeness (QED) is 0.286. The van der Waals surface area contributed by atoms with Crippen molar-refractivity contribution in [2.24, 2.45) is 4.99 Å². The van der Waals surface area contributed by atoms with Gasteiger partial charge in [-0.15, -0.1) is 0 Å². The molecule has 0 aliphatic heterocycles. The SMILES string of the molecule is CC(C)(C)OC(=O)n1cc(C[C@@](C)(N=Cc2ccc(Cl)cc2)C(=O)OC(C)(C)C)c2ccccc21. The first-order valence-electron chi connectivity index (χ1n) is 11.5. The number of carbonyl (C=O) groups is 2. The number of ether oxygens (including phenoxy) is 2. The van der Waals surface area contributed by atoms with Gasteiger partial charge in [0.1, 0.15) is 11.2 Å². The third-order valence-electron chi connectivity index (χ3n) is 5.13. The number of aromatic nitrogens is 1. The van der Waals surface area contributed by atoms with Gasteiger partial charge in [0.2, 0.25) is 0 Å². The van der Waals surface area contributed by atoms with Crippen molar-refractivity contribution >= 4 is 40.8 Å². The molecule has 3 aromatic rings. The van der Waals surface area contributed by atoms with E-state index in [2.05, 4.69) is 4.99 Å². The summed E-state index contributed by atoms with van der Waals surface area (Å²) in [6, 6.07) is 14.7. The lowest BCUT2D eigenvalue weighted by atomic mass is 9.92. The smallest absolute Gasteiger partial charge is 0.419 e. The fourth-order valence-electron chi connectivity index (χ4n) is 3.55. The number of esters is 1. The Morgan fingerprint density at radius 1 is 0.914 bits per heavy atom. The molecule has 6 nitrogen and oxygen atoms in total. The molecule has 0 fully saturated rings. The normalized spacial score (nSPS) is 14.2. The first-order chi connectivity index (χ1) is 16.2. The molecule has 0 aliphatic rings. The van der Waals surface area contributed by atoms with Crippen LogP contribution in [0.1, 0.15) is 59.6 Å². The van der Waals surface area contributed by atoms with Gasteiger partial charge in [0.05, 0.1) is 5.52 Å². The van der Waals surface area contributed by atoms with Gasteiger partial charge in [-0.3, -0.25) is 9.56 Å². The number of aliphatic imine (C=N–C) groups is 1. The van der Waals surface area contributed by atoms with E-state index in [1.807, 2.05) is 77.9 Å². The van der Waals surface area contributed by atoms with E-state index >= 15 is 0 Å². The predicted molar refractivity (Wildman–Crippen MR) is 141 cm³/mol. The van der Waals surface area contributed by atoms with Crippen LogP contribution < -0.4 is 0 Å². The first kappa shape index (κ1) is 26.5. The van der Waals surface area contributed by atoms with Gasteiger partial charge in [-0.1, -0.05) is 41.9 Å². The van der Waals surface area contributed by atoms with E-state index in [0.717, 1.165) is 16.5 Å². The fraction of sp³-hybridized carbons (Fsp3) is 0.393. The third kappa shape index (κ3) is 6.95. The van der Waals surface area contributed by atoms with Crippen molar-refractivity contribution in [1.29, 1.82) is 0 Å². The molecule has 0 spiro atoms. The summed E-state index contributed by atoms with van der Waals surface area (Å²) in [6.45, 7) is 12.7. The Hall–Kier alpha value is -3.12. The summed E-state index contributed by atoms with van der Waals surface area (Å²) in [7, 11) is 0. The van der Waals surface area contributed by atoms with Gasteiger partial charge >= 0.3 is 12.1 Å². The molecule has 2 aromatic carbocycles. The molecular weight excluding hydrogens is 464 g/mol. The maximum Gasteiger partial charge on any atom is 0.419 e. The van der Waals surface area contributed by atoms with Gasteiger partial charge in [0, 0.05) is 29.2 Å². The summed E-state index contributed by atoms with van der Waals surface area (Å²) in [6.07, 6.45) is 3.11. The zero-order chi connectivity index (χ0) is 26.0. The maximum atomic E-state index is 13.4. The van der Waals surface area contributed by atoms with Gasteiger partial charge in [-0.25, -0.2) is 9.59 Å². The molecule has 35 heavy (non-hydrogen) atoms. The Balaban J connectivity index is 2.05. The maximum absolute atomic E-state index is 13.4. The second-order valence-corrected chi connectivity index (χ2v) is 11.2. The summed E-state index contributed by atoms with van der Waals surface area (Å²) >= 11 is 6.00. The summed E-state index contributed by atoms with van der Waals surface area (Å²) in [4.78, 5) is 31.0. The van der Waals surface area contributed by atoms with Gasteiger partial charge in [0.25, 0.3) is 0 Å². The lowest BCUT2D eigenvalue weighted by Crippen LogP contribution is -2.41. The van der Waals surface area contributed by atoms with Crippen molar-refractivity contribution in [3.63, 3.8) is 0 Å². The summed E-state index contributed by atoms with van der Waals surface area (Å²) in [5, 5.41) is 1.46. The second-order valence-electron chi connectivity index (χ2n) is 10.8. The number of hydrogen-bond acceptors (Lipinski definition) is 5. The Bertz CT molecular complexity index is 1250. The van der Waals surface area contributed by atoms with Crippen LogP contribution in [0, 0.1) is 0 Å². The van der Waals surface area contributed by atoms with Crippen molar-refractivity contribution < 1.29 is 19.1 Å². The molecule has 1 atom stereocenters. The zero-order valence-electron chi connectivity index (χ0n) is 21.4. The average Bonchev–Trinajstić information content (AvgIpc) is 3.09. The summed E-state index contributed by atoms with van der Waals surface area (Å²) in [5.74, 6) is -0.454. The molecule has 3 rings (SSSR count). The van der Waals surface area contributed by atoms with Gasteiger partial charge in [-0.2, -0.15) is 0 Å². The molecule has 7 heteroatoms. The highest BCUT2D eigenvalue weighted by Gasteiger charge is 2.38. The molecule has 0 N–H and O–H groups in total. The number of benzene rings is 2. The first-order valence-corrected chi connectivity index (χ1v) is 11.9. The fourth-order valence-corrected chi connectivity index (χ4v) is 3.67. The third-order valence-corrected chi connectivity index (χ3v) is 5.38. The summed E-state index contributed by atoms with van der Waals surface area (Å²) in [5.41, 5.74) is -0.274. The van der Waals surface area contributed by atoms with Crippen LogP contribution in [0.15, 0.2) is 59.7 Å². The van der Waals surface area contributed by atoms with E-state index in [4.69, 9.17) is 21.1 Å². The van der Waals surface area contributed by atoms with E-state index in [1.165, 1.54) is 4.57 Å². The Labute approximate surface area is 211 Å². The number of halogens is 1. The number of carbonyl (C=O) groups excluding carboxylic acids is 2. The highest BCUT2D eigenvalue weighted by molar-refractivity contribution is 6.30. The van der Waals surface area contributed by atoms with E-state index in [0.29, 0.717) is 10.5 Å². The van der Waals surface area contributed by atoms with E-state index in [-0.39, 0.29) is 6.42 Å². The molecule has 0 saturated carbocycles. The van der Waals surface area contributed by atoms with Crippen molar-refractivity contribution in [3.05, 3.63) is 70.9 Å². The zero-order valence-corrected chi connectivity index (χ0v) is 22.1. The second kappa shape index (κ2) is 9.86. The molecule has 0 saturated heterocycles. The summed E-state index contributed by atoms with van der Waals surface area (Å²) < 4.78 is 12.8. The Morgan fingerprint density at radius 3 is 2.11 bits per heavy atom. The minimum atomic E-state index is -1.24. The Kier molecular flexibility index (Phi) is 7.46. The van der Waals surface area contributed by atoms with Crippen molar-refractivity contribution in [3.8, 4) is 0 Å². The van der Waals surface area contributed by atoms with Crippen molar-refractivity contribution in [1.82, 2.24) is 4.57 Å². The highest BCUT2D eigenvalue weighted by atomic mass is 35.5. The van der Waals surface area contributed by atoms with Crippen LogP contribution in [0.2, 0.25) is 5.02 Å². The molecule has 0 aliphatic carbocycles. The number of hydrogen-bond donors (Lipinski definition) is 0. The molecular formula is C28H33ClN2O4. The average molecular weight is 497 g/mol. The van der Waals surface area contributed by atoms with E-state index in [1.54, 1.807) is 31.5 Å².